The zero-order valence-corrected chi connectivity index (χ0v) is 13.6. The van der Waals surface area contributed by atoms with Gasteiger partial charge < -0.3 is 4.74 Å². The molecule has 0 saturated heterocycles. The summed E-state index contributed by atoms with van der Waals surface area (Å²) >= 11 is 7.67. The molecule has 1 heterocycles. The Bertz CT molecular complexity index is 520. The third kappa shape index (κ3) is 4.64. The van der Waals surface area contributed by atoms with Crippen molar-refractivity contribution < 1.29 is 9.53 Å². The summed E-state index contributed by atoms with van der Waals surface area (Å²) in [5, 5.41) is 10.5. The first-order chi connectivity index (χ1) is 10.2. The molecular weight excluding hydrogens is 308 g/mol. The molecule has 0 unspecified atom stereocenters. The summed E-state index contributed by atoms with van der Waals surface area (Å²) in [4.78, 5) is 12.7. The minimum Gasteiger partial charge on any atom is -0.461 e. The summed E-state index contributed by atoms with van der Waals surface area (Å²) < 4.78 is 5.03. The predicted octanol–water partition coefficient (Wildman–Crippen LogP) is 4.23. The minimum absolute atomic E-state index is 0.223. The van der Waals surface area contributed by atoms with Crippen molar-refractivity contribution in [2.24, 2.45) is 16.1 Å². The van der Waals surface area contributed by atoms with E-state index in [-0.39, 0.29) is 11.6 Å². The van der Waals surface area contributed by atoms with Gasteiger partial charge in [0.25, 0.3) is 0 Å². The van der Waals surface area contributed by atoms with Gasteiger partial charge in [0.15, 0.2) is 5.71 Å². The van der Waals surface area contributed by atoms with E-state index in [0.717, 1.165) is 17.7 Å². The second-order valence-electron chi connectivity index (χ2n) is 4.90. The van der Waals surface area contributed by atoms with Gasteiger partial charge in [-0.05, 0) is 31.2 Å². The van der Waals surface area contributed by atoms with Crippen molar-refractivity contribution in [3.8, 4) is 0 Å². The normalized spacial score (nSPS) is 17.8. The average Bonchev–Trinajstić information content (AvgIpc) is 3.02. The lowest BCUT2D eigenvalue weighted by Gasteiger charge is -2.19. The van der Waals surface area contributed by atoms with E-state index in [1.807, 2.05) is 17.5 Å². The van der Waals surface area contributed by atoms with E-state index in [0.29, 0.717) is 11.8 Å². The molecule has 1 fully saturated rings. The van der Waals surface area contributed by atoms with E-state index >= 15 is 0 Å². The number of carbonyl (C=O) groups is 1. The maximum atomic E-state index is 12.0. The molecule has 6 heteroatoms. The van der Waals surface area contributed by atoms with Gasteiger partial charge in [-0.15, -0.1) is 21.5 Å². The highest BCUT2D eigenvalue weighted by Gasteiger charge is 2.19. The van der Waals surface area contributed by atoms with Crippen molar-refractivity contribution in [1.82, 2.24) is 0 Å². The van der Waals surface area contributed by atoms with Crippen LogP contribution < -0.4 is 0 Å². The molecule has 0 aromatic carbocycles. The summed E-state index contributed by atoms with van der Waals surface area (Å²) in [7, 11) is 0. The van der Waals surface area contributed by atoms with Crippen molar-refractivity contribution in [2.75, 3.05) is 6.61 Å². The first kappa shape index (κ1) is 16.2. The summed E-state index contributed by atoms with van der Waals surface area (Å²) in [5.41, 5.74) is 0.223. The molecule has 1 aromatic heterocycles. The zero-order valence-electron chi connectivity index (χ0n) is 12.0. The highest BCUT2D eigenvalue weighted by Crippen LogP contribution is 2.26. The molecule has 1 aromatic rings. The van der Waals surface area contributed by atoms with Gasteiger partial charge in [0.1, 0.15) is 5.17 Å². The molecule has 21 heavy (non-hydrogen) atoms. The van der Waals surface area contributed by atoms with Gasteiger partial charge in [0.2, 0.25) is 0 Å². The number of hydrogen-bond donors (Lipinski definition) is 0. The van der Waals surface area contributed by atoms with Gasteiger partial charge in [0.05, 0.1) is 11.5 Å². The van der Waals surface area contributed by atoms with E-state index in [1.165, 1.54) is 30.6 Å². The fraction of sp³-hybridized carbons (Fsp3) is 0.533. The third-order valence-corrected chi connectivity index (χ3v) is 4.67. The Morgan fingerprint density at radius 2 is 2.14 bits per heavy atom. The Morgan fingerprint density at radius 3 is 2.76 bits per heavy atom. The molecule has 114 valence electrons. The lowest BCUT2D eigenvalue weighted by Crippen LogP contribution is -2.18. The monoisotopic (exact) mass is 326 g/mol. The summed E-state index contributed by atoms with van der Waals surface area (Å²) in [6.07, 6.45) is 5.70. The van der Waals surface area contributed by atoms with E-state index in [1.54, 1.807) is 6.92 Å². The molecule has 0 aliphatic heterocycles. The minimum atomic E-state index is -0.461. The van der Waals surface area contributed by atoms with Gasteiger partial charge in [0, 0.05) is 5.92 Å². The Labute approximate surface area is 133 Å². The molecule has 4 nitrogen and oxygen atoms in total. The van der Waals surface area contributed by atoms with Crippen LogP contribution in [0.15, 0.2) is 27.7 Å². The van der Waals surface area contributed by atoms with Gasteiger partial charge in [-0.2, -0.15) is 0 Å². The lowest BCUT2D eigenvalue weighted by atomic mass is 9.90. The number of thiophene rings is 1. The van der Waals surface area contributed by atoms with Gasteiger partial charge in [-0.25, -0.2) is 4.79 Å². The largest absolute Gasteiger partial charge is 0.461 e. The second-order valence-corrected chi connectivity index (χ2v) is 6.24. The fourth-order valence-corrected chi connectivity index (χ4v) is 3.28. The number of esters is 1. The lowest BCUT2D eigenvalue weighted by molar-refractivity contribution is -0.134. The van der Waals surface area contributed by atoms with Crippen LogP contribution in [0.25, 0.3) is 0 Å². The van der Waals surface area contributed by atoms with Crippen LogP contribution in [-0.2, 0) is 9.53 Å². The molecule has 0 amide bonds. The molecule has 2 rings (SSSR count). The van der Waals surface area contributed by atoms with Crippen molar-refractivity contribution in [3.05, 3.63) is 22.4 Å². The predicted molar refractivity (Wildman–Crippen MR) is 87.4 cm³/mol. The van der Waals surface area contributed by atoms with E-state index < -0.39 is 5.97 Å². The van der Waals surface area contributed by atoms with Crippen LogP contribution in [0.3, 0.4) is 0 Å². The zero-order chi connectivity index (χ0) is 15.1. The van der Waals surface area contributed by atoms with E-state index in [2.05, 4.69) is 10.2 Å². The average molecular weight is 327 g/mol. The number of carbonyl (C=O) groups excluding carboxylic acids is 1. The van der Waals surface area contributed by atoms with Gasteiger partial charge in [-0.1, -0.05) is 36.9 Å². The molecule has 1 saturated carbocycles. The summed E-state index contributed by atoms with van der Waals surface area (Å²) in [6.45, 7) is 2.07. The smallest absolute Gasteiger partial charge is 0.360 e. The maximum absolute atomic E-state index is 12.0. The van der Waals surface area contributed by atoms with Crippen molar-refractivity contribution >= 4 is 39.8 Å². The van der Waals surface area contributed by atoms with Crippen molar-refractivity contribution in [1.29, 1.82) is 0 Å². The number of hydrogen-bond acceptors (Lipinski definition) is 5. The molecule has 0 N–H and O–H groups in total. The Hall–Kier alpha value is -1.20. The Morgan fingerprint density at radius 1 is 1.38 bits per heavy atom. The van der Waals surface area contributed by atoms with E-state index in [9.17, 15) is 4.79 Å². The molecule has 1 aliphatic rings. The van der Waals surface area contributed by atoms with Crippen molar-refractivity contribution in [3.63, 3.8) is 0 Å². The molecule has 1 aliphatic carbocycles. The summed E-state index contributed by atoms with van der Waals surface area (Å²) in [5.74, 6) is -0.187. The van der Waals surface area contributed by atoms with E-state index in [4.69, 9.17) is 16.3 Å². The van der Waals surface area contributed by atoms with Crippen LogP contribution in [0.1, 0.15) is 43.9 Å². The molecule has 0 bridgehead atoms. The number of halogens is 1. The standard InChI is InChI=1S/C15H19ClN2O2S/c1-2-20-15(19)13(12-9-6-10-21-12)17-18-14(16)11-7-4-3-5-8-11/h6,9-11H,2-5,7-8H2,1H3/b17-13+,18-14+. The first-order valence-corrected chi connectivity index (χ1v) is 8.50. The van der Waals surface area contributed by atoms with Crippen LogP contribution in [-0.4, -0.2) is 23.5 Å². The van der Waals surface area contributed by atoms with Crippen molar-refractivity contribution in [2.45, 2.75) is 39.0 Å². The van der Waals surface area contributed by atoms with Crippen LogP contribution in [0.5, 0.6) is 0 Å². The van der Waals surface area contributed by atoms with Gasteiger partial charge >= 0.3 is 5.97 Å². The topological polar surface area (TPSA) is 51.0 Å². The SMILES string of the molecule is CCOC(=O)/C(=N/N=C(/Cl)C1CCCCC1)c1cccs1. The number of ether oxygens (including phenoxy) is 1. The van der Waals surface area contributed by atoms with Crippen LogP contribution >= 0.6 is 22.9 Å². The molecule has 0 spiro atoms. The second kappa shape index (κ2) is 8.29. The van der Waals surface area contributed by atoms with Crippen LogP contribution in [0, 0.1) is 5.92 Å². The summed E-state index contributed by atoms with van der Waals surface area (Å²) in [6, 6.07) is 3.69. The molecule has 0 radical (unpaired) electrons. The van der Waals surface area contributed by atoms with Crippen LogP contribution in [0.4, 0.5) is 0 Å². The molecular formula is C15H19ClN2O2S. The Kier molecular flexibility index (Phi) is 6.39. The number of nitrogens with zero attached hydrogens (tertiary/aromatic N) is 2. The third-order valence-electron chi connectivity index (χ3n) is 3.41. The fourth-order valence-electron chi connectivity index (χ4n) is 2.32. The highest BCUT2D eigenvalue weighted by molar-refractivity contribution is 7.13. The quantitative estimate of drug-likeness (QED) is 0.462. The maximum Gasteiger partial charge on any atom is 0.360 e. The first-order valence-electron chi connectivity index (χ1n) is 7.24. The highest BCUT2D eigenvalue weighted by atomic mass is 35.5. The van der Waals surface area contributed by atoms with Crippen LogP contribution in [0.2, 0.25) is 0 Å². The Balaban J connectivity index is 2.17. The molecule has 0 atom stereocenters. The number of rotatable bonds is 5. The van der Waals surface area contributed by atoms with Gasteiger partial charge in [-0.3, -0.25) is 0 Å².